The first-order chi connectivity index (χ1) is 20.3. The van der Waals surface area contributed by atoms with Gasteiger partial charge < -0.3 is 9.32 Å². The Morgan fingerprint density at radius 2 is 1.10 bits per heavy atom. The SMILES string of the molecule is c1ccc(-c2nc3ccc4oc5ccc(-c6ccc(N(c7ccccc7)c7ccccc7)cc6)cc5c4c3s2)cc1. The molecule has 41 heavy (non-hydrogen) atoms. The van der Waals surface area contributed by atoms with Crippen molar-refractivity contribution in [2.45, 2.75) is 0 Å². The van der Waals surface area contributed by atoms with Gasteiger partial charge in [0, 0.05) is 33.4 Å². The molecule has 0 atom stereocenters. The number of anilines is 3. The predicted molar refractivity (Wildman–Crippen MR) is 172 cm³/mol. The number of para-hydroxylation sites is 2. The smallest absolute Gasteiger partial charge is 0.137 e. The fraction of sp³-hybridized carbons (Fsp3) is 0. The molecule has 0 radical (unpaired) electrons. The largest absolute Gasteiger partial charge is 0.456 e. The lowest BCUT2D eigenvalue weighted by molar-refractivity contribution is 0.669. The van der Waals surface area contributed by atoms with Crippen molar-refractivity contribution in [2.75, 3.05) is 4.90 Å². The Morgan fingerprint density at radius 1 is 0.512 bits per heavy atom. The van der Waals surface area contributed by atoms with Gasteiger partial charge in [-0.05, 0) is 71.8 Å². The Morgan fingerprint density at radius 3 is 1.78 bits per heavy atom. The van der Waals surface area contributed by atoms with Crippen LogP contribution in [-0.2, 0) is 0 Å². The van der Waals surface area contributed by atoms with Crippen LogP contribution < -0.4 is 4.90 Å². The number of hydrogen-bond acceptors (Lipinski definition) is 4. The second kappa shape index (κ2) is 9.77. The maximum Gasteiger partial charge on any atom is 0.137 e. The van der Waals surface area contributed by atoms with Crippen LogP contribution in [0.1, 0.15) is 0 Å². The quantitative estimate of drug-likeness (QED) is 0.216. The summed E-state index contributed by atoms with van der Waals surface area (Å²) in [7, 11) is 0. The predicted octanol–water partition coefficient (Wildman–Crippen LogP) is 11.0. The summed E-state index contributed by atoms with van der Waals surface area (Å²) in [6.07, 6.45) is 0. The molecule has 3 nitrogen and oxygen atoms in total. The van der Waals surface area contributed by atoms with Gasteiger partial charge in [0.15, 0.2) is 0 Å². The molecule has 8 aromatic rings. The molecule has 0 aliphatic heterocycles. The normalized spacial score (nSPS) is 11.4. The van der Waals surface area contributed by atoms with Crippen molar-refractivity contribution in [2.24, 2.45) is 0 Å². The number of furan rings is 1. The number of nitrogens with zero attached hydrogens (tertiary/aromatic N) is 2. The molecule has 194 valence electrons. The molecule has 8 rings (SSSR count). The zero-order valence-electron chi connectivity index (χ0n) is 22.1. The van der Waals surface area contributed by atoms with Gasteiger partial charge in [0.2, 0.25) is 0 Å². The first-order valence-corrected chi connectivity index (χ1v) is 14.5. The van der Waals surface area contributed by atoms with Crippen molar-refractivity contribution in [3.63, 3.8) is 0 Å². The average molecular weight is 545 g/mol. The van der Waals surface area contributed by atoms with Gasteiger partial charge in [-0.15, -0.1) is 11.3 Å². The van der Waals surface area contributed by atoms with Gasteiger partial charge in [-0.25, -0.2) is 4.98 Å². The number of hydrogen-bond donors (Lipinski definition) is 0. The highest BCUT2D eigenvalue weighted by Gasteiger charge is 2.16. The van der Waals surface area contributed by atoms with Crippen LogP contribution in [0.25, 0.3) is 53.9 Å². The van der Waals surface area contributed by atoms with E-state index in [1.807, 2.05) is 24.3 Å². The van der Waals surface area contributed by atoms with E-state index in [9.17, 15) is 0 Å². The lowest BCUT2D eigenvalue weighted by Gasteiger charge is -2.25. The van der Waals surface area contributed by atoms with Crippen LogP contribution in [0.5, 0.6) is 0 Å². The van der Waals surface area contributed by atoms with Crippen molar-refractivity contribution in [1.29, 1.82) is 0 Å². The minimum Gasteiger partial charge on any atom is -0.456 e. The summed E-state index contributed by atoms with van der Waals surface area (Å²) in [5, 5.41) is 3.27. The Hall–Kier alpha value is -5.19. The monoisotopic (exact) mass is 544 g/mol. The third-order valence-electron chi connectivity index (χ3n) is 7.50. The molecule has 0 spiro atoms. The number of fused-ring (bicyclic) bond motifs is 5. The first kappa shape index (κ1) is 23.7. The van der Waals surface area contributed by atoms with Crippen molar-refractivity contribution < 1.29 is 4.42 Å². The summed E-state index contributed by atoms with van der Waals surface area (Å²) in [5.74, 6) is 0. The highest BCUT2D eigenvalue weighted by molar-refractivity contribution is 7.22. The third kappa shape index (κ3) is 4.17. The van der Waals surface area contributed by atoms with Gasteiger partial charge in [-0.3, -0.25) is 0 Å². The van der Waals surface area contributed by atoms with Gasteiger partial charge in [0.25, 0.3) is 0 Å². The van der Waals surface area contributed by atoms with Crippen LogP contribution in [0.15, 0.2) is 150 Å². The summed E-state index contributed by atoms with van der Waals surface area (Å²) in [6.45, 7) is 0. The van der Waals surface area contributed by atoms with E-state index in [2.05, 4.69) is 126 Å². The number of thiazole rings is 1. The molecule has 0 saturated heterocycles. The molecular formula is C37H24N2OS. The Kier molecular flexibility index (Phi) is 5.64. The van der Waals surface area contributed by atoms with Crippen molar-refractivity contribution in [1.82, 2.24) is 4.98 Å². The first-order valence-electron chi connectivity index (χ1n) is 13.6. The fourth-order valence-electron chi connectivity index (χ4n) is 5.53. The summed E-state index contributed by atoms with van der Waals surface area (Å²) in [6, 6.07) is 50.7. The summed E-state index contributed by atoms with van der Waals surface area (Å²) < 4.78 is 7.45. The Balaban J connectivity index is 1.22. The van der Waals surface area contributed by atoms with E-state index in [1.54, 1.807) is 11.3 Å². The standard InChI is InChI=1S/C37H24N2OS/c1-4-10-26(11-5-1)37-38-32-21-23-34-35(36(32)41-37)31-24-27(18-22-33(31)40-34)25-16-19-30(20-17-25)39(28-12-6-2-7-13-28)29-14-8-3-9-15-29/h1-24H. The molecule has 0 fully saturated rings. The second-order valence-electron chi connectivity index (χ2n) is 10.0. The number of aromatic nitrogens is 1. The van der Waals surface area contributed by atoms with Gasteiger partial charge in [-0.1, -0.05) is 84.9 Å². The van der Waals surface area contributed by atoms with Gasteiger partial charge in [-0.2, -0.15) is 0 Å². The number of benzene rings is 6. The highest BCUT2D eigenvalue weighted by atomic mass is 32.1. The minimum atomic E-state index is 0.891. The summed E-state index contributed by atoms with van der Waals surface area (Å²) in [5.41, 5.74) is 9.60. The molecule has 0 N–H and O–H groups in total. The summed E-state index contributed by atoms with van der Waals surface area (Å²) in [4.78, 5) is 7.23. The van der Waals surface area contributed by atoms with Crippen LogP contribution >= 0.6 is 11.3 Å². The molecule has 4 heteroatoms. The maximum absolute atomic E-state index is 6.29. The molecule has 0 unspecified atom stereocenters. The second-order valence-corrected chi connectivity index (χ2v) is 11.0. The van der Waals surface area contributed by atoms with Crippen LogP contribution in [0.2, 0.25) is 0 Å². The summed E-state index contributed by atoms with van der Waals surface area (Å²) >= 11 is 1.73. The van der Waals surface area contributed by atoms with E-state index in [1.165, 1.54) is 0 Å². The average Bonchev–Trinajstić information content (AvgIpc) is 3.64. The fourth-order valence-corrected chi connectivity index (χ4v) is 6.66. The van der Waals surface area contributed by atoms with Gasteiger partial charge in [0.05, 0.1) is 10.2 Å². The molecule has 2 aromatic heterocycles. The molecule has 0 saturated carbocycles. The van der Waals surface area contributed by atoms with Gasteiger partial charge in [0.1, 0.15) is 16.2 Å². The van der Waals surface area contributed by atoms with E-state index in [0.717, 1.165) is 70.9 Å². The van der Waals surface area contributed by atoms with E-state index < -0.39 is 0 Å². The van der Waals surface area contributed by atoms with Crippen LogP contribution in [-0.4, -0.2) is 4.98 Å². The third-order valence-corrected chi connectivity index (χ3v) is 8.63. The Labute approximate surface area is 241 Å². The van der Waals surface area contributed by atoms with Crippen LogP contribution in [0, 0.1) is 0 Å². The Bertz CT molecular complexity index is 2090. The van der Waals surface area contributed by atoms with E-state index >= 15 is 0 Å². The van der Waals surface area contributed by atoms with E-state index in [4.69, 9.17) is 9.40 Å². The molecule has 0 aliphatic rings. The molecule has 0 bridgehead atoms. The number of rotatable bonds is 5. The van der Waals surface area contributed by atoms with Crippen molar-refractivity contribution >= 4 is 60.6 Å². The van der Waals surface area contributed by atoms with E-state index in [-0.39, 0.29) is 0 Å². The molecule has 2 heterocycles. The van der Waals surface area contributed by atoms with Crippen LogP contribution in [0.4, 0.5) is 17.1 Å². The zero-order valence-corrected chi connectivity index (χ0v) is 22.9. The molecular weight excluding hydrogens is 520 g/mol. The topological polar surface area (TPSA) is 29.3 Å². The molecule has 6 aromatic carbocycles. The minimum absolute atomic E-state index is 0.891. The van der Waals surface area contributed by atoms with Crippen molar-refractivity contribution in [3.8, 4) is 21.7 Å². The van der Waals surface area contributed by atoms with Crippen molar-refractivity contribution in [3.05, 3.63) is 146 Å². The van der Waals surface area contributed by atoms with E-state index in [0.29, 0.717) is 0 Å². The lowest BCUT2D eigenvalue weighted by Crippen LogP contribution is -2.09. The van der Waals surface area contributed by atoms with Gasteiger partial charge >= 0.3 is 0 Å². The zero-order chi connectivity index (χ0) is 27.2. The maximum atomic E-state index is 6.29. The molecule has 0 aliphatic carbocycles. The highest BCUT2D eigenvalue weighted by Crippen LogP contribution is 2.41. The van der Waals surface area contributed by atoms with Crippen LogP contribution in [0.3, 0.4) is 0 Å². The molecule has 0 amide bonds. The lowest BCUT2D eigenvalue weighted by atomic mass is 10.0.